The summed E-state index contributed by atoms with van der Waals surface area (Å²) in [5.74, 6) is 1.33. The van der Waals surface area contributed by atoms with Crippen LogP contribution in [0.2, 0.25) is 0 Å². The average molecular weight is 241 g/mol. The van der Waals surface area contributed by atoms with Gasteiger partial charge in [-0.3, -0.25) is 0 Å². The third-order valence-corrected chi connectivity index (χ3v) is 2.58. The van der Waals surface area contributed by atoms with E-state index in [1.165, 1.54) is 0 Å². The molecule has 6 heteroatoms. The highest BCUT2D eigenvalue weighted by Crippen LogP contribution is 2.19. The zero-order valence-corrected chi connectivity index (χ0v) is 9.45. The van der Waals surface area contributed by atoms with E-state index in [0.29, 0.717) is 17.5 Å². The average Bonchev–Trinajstić information content (AvgIpc) is 3.09. The molecule has 0 saturated heterocycles. The Morgan fingerprint density at radius 1 is 1.22 bits per heavy atom. The Labute approximate surface area is 103 Å². The highest BCUT2D eigenvalue weighted by Gasteiger charge is 2.17. The molecule has 6 nitrogen and oxygen atoms in total. The van der Waals surface area contributed by atoms with Gasteiger partial charge in [-0.25, -0.2) is 4.98 Å². The van der Waals surface area contributed by atoms with E-state index in [1.807, 2.05) is 30.3 Å². The molecule has 0 bridgehead atoms. The zero-order valence-electron chi connectivity index (χ0n) is 9.45. The number of nitrogens with zero attached hydrogens (tertiary/aromatic N) is 3. The van der Waals surface area contributed by atoms with Gasteiger partial charge in [0.15, 0.2) is 5.82 Å². The van der Waals surface area contributed by atoms with Crippen molar-refractivity contribution in [2.45, 2.75) is 6.04 Å². The highest BCUT2D eigenvalue weighted by molar-refractivity contribution is 5.41. The summed E-state index contributed by atoms with van der Waals surface area (Å²) in [5, 5.41) is 3.85. The summed E-state index contributed by atoms with van der Waals surface area (Å²) in [7, 11) is 0. The first-order valence-corrected chi connectivity index (χ1v) is 5.48. The van der Waals surface area contributed by atoms with Crippen molar-refractivity contribution >= 4 is 0 Å². The minimum absolute atomic E-state index is 0.368. The summed E-state index contributed by atoms with van der Waals surface area (Å²) in [4.78, 5) is 11.2. The van der Waals surface area contributed by atoms with Crippen molar-refractivity contribution in [1.82, 2.24) is 20.1 Å². The molecule has 3 N–H and O–H groups in total. The van der Waals surface area contributed by atoms with Crippen LogP contribution in [-0.4, -0.2) is 20.1 Å². The Balaban J connectivity index is 1.90. The molecule has 0 saturated carbocycles. The molecule has 0 spiro atoms. The molecule has 2 heterocycles. The summed E-state index contributed by atoms with van der Waals surface area (Å²) in [6.07, 6.45) is 3.32. The van der Waals surface area contributed by atoms with Crippen molar-refractivity contribution in [1.29, 1.82) is 0 Å². The van der Waals surface area contributed by atoms with Crippen molar-refractivity contribution in [2.75, 3.05) is 0 Å². The van der Waals surface area contributed by atoms with Gasteiger partial charge in [0.05, 0.1) is 0 Å². The fourth-order valence-electron chi connectivity index (χ4n) is 1.65. The number of nitrogens with one attached hydrogen (secondary N) is 1. The number of hydrogen-bond acceptors (Lipinski definition) is 5. The maximum Gasteiger partial charge on any atom is 0.248 e. The summed E-state index contributed by atoms with van der Waals surface area (Å²) in [6, 6.07) is 9.17. The van der Waals surface area contributed by atoms with E-state index >= 15 is 0 Å². The molecular formula is C12H11N5O. The number of aromatic amines is 1. The lowest BCUT2D eigenvalue weighted by Gasteiger charge is -2.05. The van der Waals surface area contributed by atoms with E-state index in [2.05, 4.69) is 20.1 Å². The lowest BCUT2D eigenvalue weighted by Crippen LogP contribution is -2.11. The number of benzene rings is 1. The molecule has 3 rings (SSSR count). The van der Waals surface area contributed by atoms with Gasteiger partial charge in [-0.15, -0.1) is 0 Å². The lowest BCUT2D eigenvalue weighted by atomic mass is 10.1. The zero-order chi connectivity index (χ0) is 12.4. The largest absolute Gasteiger partial charge is 0.342 e. The molecule has 2 aromatic heterocycles. The van der Waals surface area contributed by atoms with Crippen LogP contribution >= 0.6 is 0 Å². The Hall–Kier alpha value is -2.47. The predicted octanol–water partition coefficient (Wildman–Crippen LogP) is 1.51. The van der Waals surface area contributed by atoms with Gasteiger partial charge in [-0.2, -0.15) is 4.98 Å². The van der Waals surface area contributed by atoms with Crippen LogP contribution < -0.4 is 5.73 Å². The second-order valence-corrected chi connectivity index (χ2v) is 3.78. The van der Waals surface area contributed by atoms with E-state index < -0.39 is 6.04 Å². The summed E-state index contributed by atoms with van der Waals surface area (Å²) >= 11 is 0. The molecule has 18 heavy (non-hydrogen) atoms. The van der Waals surface area contributed by atoms with Crippen LogP contribution in [0.3, 0.4) is 0 Å². The second-order valence-electron chi connectivity index (χ2n) is 3.78. The Kier molecular flexibility index (Phi) is 2.62. The first-order valence-electron chi connectivity index (χ1n) is 5.48. The first-order chi connectivity index (χ1) is 8.84. The summed E-state index contributed by atoms with van der Waals surface area (Å²) in [5.41, 5.74) is 6.98. The molecule has 1 aromatic carbocycles. The summed E-state index contributed by atoms with van der Waals surface area (Å²) in [6.45, 7) is 0. The Morgan fingerprint density at radius 3 is 2.78 bits per heavy atom. The number of imidazole rings is 1. The Bertz CT molecular complexity index is 617. The monoisotopic (exact) mass is 241 g/mol. The van der Waals surface area contributed by atoms with Gasteiger partial charge in [0.2, 0.25) is 11.7 Å². The number of hydrogen-bond donors (Lipinski definition) is 2. The first kappa shape index (κ1) is 10.7. The van der Waals surface area contributed by atoms with Gasteiger partial charge in [0.25, 0.3) is 0 Å². The van der Waals surface area contributed by atoms with Gasteiger partial charge in [-0.1, -0.05) is 35.5 Å². The molecule has 90 valence electrons. The van der Waals surface area contributed by atoms with E-state index in [-0.39, 0.29) is 0 Å². The van der Waals surface area contributed by atoms with Crippen molar-refractivity contribution < 1.29 is 4.52 Å². The minimum Gasteiger partial charge on any atom is -0.342 e. The second kappa shape index (κ2) is 4.42. The van der Waals surface area contributed by atoms with Gasteiger partial charge in [0, 0.05) is 12.4 Å². The molecule has 1 atom stereocenters. The van der Waals surface area contributed by atoms with Crippen molar-refractivity contribution in [3.63, 3.8) is 0 Å². The van der Waals surface area contributed by atoms with Gasteiger partial charge in [0.1, 0.15) is 6.04 Å². The van der Waals surface area contributed by atoms with Crippen LogP contribution in [0.25, 0.3) is 11.6 Å². The highest BCUT2D eigenvalue weighted by atomic mass is 16.5. The predicted molar refractivity (Wildman–Crippen MR) is 64.4 cm³/mol. The molecular weight excluding hydrogens is 230 g/mol. The number of rotatable bonds is 3. The fraction of sp³-hybridized carbons (Fsp3) is 0.0833. The third kappa shape index (κ3) is 1.89. The SMILES string of the molecule is N[C@H](c1ccccc1)c1nc(-c2ncc[nH]2)no1. The van der Waals surface area contributed by atoms with Crippen LogP contribution in [0.4, 0.5) is 0 Å². The smallest absolute Gasteiger partial charge is 0.248 e. The molecule has 0 unspecified atom stereocenters. The van der Waals surface area contributed by atoms with E-state index in [9.17, 15) is 0 Å². The molecule has 0 aliphatic heterocycles. The van der Waals surface area contributed by atoms with Crippen LogP contribution in [0.15, 0.2) is 47.2 Å². The number of nitrogens with two attached hydrogens (primary N) is 1. The molecule has 0 aliphatic carbocycles. The molecule has 0 radical (unpaired) electrons. The quantitative estimate of drug-likeness (QED) is 0.724. The van der Waals surface area contributed by atoms with Gasteiger partial charge >= 0.3 is 0 Å². The van der Waals surface area contributed by atoms with Crippen molar-refractivity contribution in [3.05, 3.63) is 54.2 Å². The van der Waals surface area contributed by atoms with Crippen LogP contribution in [-0.2, 0) is 0 Å². The fourth-order valence-corrected chi connectivity index (χ4v) is 1.65. The Morgan fingerprint density at radius 2 is 2.06 bits per heavy atom. The van der Waals surface area contributed by atoms with Crippen molar-refractivity contribution in [3.8, 4) is 11.6 Å². The van der Waals surface area contributed by atoms with Crippen LogP contribution in [0.1, 0.15) is 17.5 Å². The molecule has 0 aliphatic rings. The van der Waals surface area contributed by atoms with Crippen molar-refractivity contribution in [2.24, 2.45) is 5.73 Å². The van der Waals surface area contributed by atoms with E-state index in [4.69, 9.17) is 10.3 Å². The molecule has 3 aromatic rings. The molecule has 0 fully saturated rings. The van der Waals surface area contributed by atoms with Crippen LogP contribution in [0.5, 0.6) is 0 Å². The maximum absolute atomic E-state index is 6.06. The summed E-state index contributed by atoms with van der Waals surface area (Å²) < 4.78 is 5.16. The minimum atomic E-state index is -0.428. The topological polar surface area (TPSA) is 93.6 Å². The third-order valence-electron chi connectivity index (χ3n) is 2.58. The number of aromatic nitrogens is 4. The standard InChI is InChI=1S/C12H11N5O/c13-9(8-4-2-1-3-5-8)12-16-11(17-18-12)10-14-6-7-15-10/h1-7,9H,13H2,(H,14,15)/t9-/m1/s1. The van der Waals surface area contributed by atoms with Gasteiger partial charge in [-0.05, 0) is 5.56 Å². The van der Waals surface area contributed by atoms with E-state index in [1.54, 1.807) is 12.4 Å². The normalized spacial score (nSPS) is 12.5. The van der Waals surface area contributed by atoms with E-state index in [0.717, 1.165) is 5.56 Å². The number of H-pyrrole nitrogens is 1. The molecule has 0 amide bonds. The lowest BCUT2D eigenvalue weighted by molar-refractivity contribution is 0.367. The van der Waals surface area contributed by atoms with Crippen LogP contribution in [0, 0.1) is 0 Å². The maximum atomic E-state index is 6.06. The van der Waals surface area contributed by atoms with Gasteiger partial charge < -0.3 is 15.2 Å².